The van der Waals surface area contributed by atoms with E-state index in [4.69, 9.17) is 0 Å². The van der Waals surface area contributed by atoms with E-state index in [0.29, 0.717) is 13.0 Å². The minimum Gasteiger partial charge on any atom is -0.347 e. The van der Waals surface area contributed by atoms with Crippen LogP contribution in [0, 0.1) is 5.41 Å². The third kappa shape index (κ3) is 9.21. The Kier molecular flexibility index (Phi) is 9.53. The molecule has 0 aliphatic heterocycles. The number of nitrogens with one attached hydrogen (secondary N) is 3. The largest absolute Gasteiger partial charge is 0.347 e. The summed E-state index contributed by atoms with van der Waals surface area (Å²) in [7, 11) is 0. The van der Waals surface area contributed by atoms with Crippen molar-refractivity contribution in [3.8, 4) is 0 Å². The van der Waals surface area contributed by atoms with Gasteiger partial charge in [-0.3, -0.25) is 9.59 Å². The van der Waals surface area contributed by atoms with Crippen LogP contribution in [0.4, 0.5) is 5.69 Å². The lowest BCUT2D eigenvalue weighted by atomic mass is 9.92. The standard InChI is InChI=1S/C17H27N3O2.ClH/c1-5-18-11-13-8-6-7-9-14(13)20-16(22)12-19-15(21)10-17(2,3)4;/h6-9,18H,5,10-12H2,1-4H3,(H,19,21)(H,20,22);1H. The number of hydrogen-bond donors (Lipinski definition) is 3. The molecule has 6 heteroatoms. The average Bonchev–Trinajstić information content (AvgIpc) is 2.42. The smallest absolute Gasteiger partial charge is 0.243 e. The van der Waals surface area contributed by atoms with Crippen LogP contribution in [0.2, 0.25) is 0 Å². The molecule has 5 nitrogen and oxygen atoms in total. The number of carbonyl (C=O) groups excluding carboxylic acids is 2. The molecular weight excluding hydrogens is 314 g/mol. The monoisotopic (exact) mass is 341 g/mol. The molecule has 1 rings (SSSR count). The Morgan fingerprint density at radius 1 is 1.09 bits per heavy atom. The molecule has 0 radical (unpaired) electrons. The summed E-state index contributed by atoms with van der Waals surface area (Å²) in [6.45, 7) is 9.56. The lowest BCUT2D eigenvalue weighted by Crippen LogP contribution is -2.34. The summed E-state index contributed by atoms with van der Waals surface area (Å²) in [5, 5.41) is 8.73. The van der Waals surface area contributed by atoms with Crippen molar-refractivity contribution in [2.45, 2.75) is 40.7 Å². The van der Waals surface area contributed by atoms with E-state index in [1.807, 2.05) is 52.0 Å². The number of hydrogen-bond acceptors (Lipinski definition) is 3. The number of carbonyl (C=O) groups is 2. The Morgan fingerprint density at radius 3 is 2.35 bits per heavy atom. The van der Waals surface area contributed by atoms with Gasteiger partial charge in [-0.15, -0.1) is 12.4 Å². The Balaban J connectivity index is 0.00000484. The van der Waals surface area contributed by atoms with Crippen molar-refractivity contribution in [2.24, 2.45) is 5.41 Å². The van der Waals surface area contributed by atoms with Gasteiger partial charge in [0.25, 0.3) is 0 Å². The highest BCUT2D eigenvalue weighted by atomic mass is 35.5. The van der Waals surface area contributed by atoms with E-state index in [-0.39, 0.29) is 36.2 Å². The van der Waals surface area contributed by atoms with Crippen molar-refractivity contribution < 1.29 is 9.59 Å². The first-order valence-electron chi connectivity index (χ1n) is 7.67. The van der Waals surface area contributed by atoms with Gasteiger partial charge in [-0.25, -0.2) is 0 Å². The van der Waals surface area contributed by atoms with Crippen molar-refractivity contribution in [3.05, 3.63) is 29.8 Å². The maximum absolute atomic E-state index is 12.0. The summed E-state index contributed by atoms with van der Waals surface area (Å²) in [5.74, 6) is -0.324. The molecule has 3 N–H and O–H groups in total. The summed E-state index contributed by atoms with van der Waals surface area (Å²) >= 11 is 0. The second-order valence-electron chi connectivity index (χ2n) is 6.50. The Hall–Kier alpha value is -1.59. The van der Waals surface area contributed by atoms with E-state index in [1.54, 1.807) is 0 Å². The van der Waals surface area contributed by atoms with Crippen molar-refractivity contribution >= 4 is 29.9 Å². The molecule has 0 aliphatic carbocycles. The van der Waals surface area contributed by atoms with Gasteiger partial charge in [0.1, 0.15) is 0 Å². The van der Waals surface area contributed by atoms with Crippen LogP contribution in [0.25, 0.3) is 0 Å². The van der Waals surface area contributed by atoms with Gasteiger partial charge < -0.3 is 16.0 Å². The van der Waals surface area contributed by atoms with E-state index in [1.165, 1.54) is 0 Å². The Morgan fingerprint density at radius 2 is 1.74 bits per heavy atom. The molecule has 0 fully saturated rings. The molecular formula is C17H28ClN3O2. The van der Waals surface area contributed by atoms with Gasteiger partial charge in [-0.2, -0.15) is 0 Å². The molecule has 0 unspecified atom stereocenters. The van der Waals surface area contributed by atoms with Gasteiger partial charge >= 0.3 is 0 Å². The topological polar surface area (TPSA) is 70.2 Å². The van der Waals surface area contributed by atoms with Gasteiger partial charge in [0.05, 0.1) is 6.54 Å². The summed E-state index contributed by atoms with van der Waals surface area (Å²) in [5.41, 5.74) is 1.72. The zero-order chi connectivity index (χ0) is 16.6. The maximum atomic E-state index is 12.0. The second kappa shape index (κ2) is 10.2. The molecule has 0 saturated carbocycles. The quantitative estimate of drug-likeness (QED) is 0.714. The zero-order valence-corrected chi connectivity index (χ0v) is 15.2. The molecule has 0 aliphatic rings. The van der Waals surface area contributed by atoms with Crippen molar-refractivity contribution in [1.29, 1.82) is 0 Å². The van der Waals surface area contributed by atoms with Gasteiger partial charge in [0, 0.05) is 18.7 Å². The summed E-state index contributed by atoms with van der Waals surface area (Å²) in [6.07, 6.45) is 0.400. The predicted molar refractivity (Wildman–Crippen MR) is 96.8 cm³/mol. The van der Waals surface area contributed by atoms with Crippen LogP contribution in [-0.2, 0) is 16.1 Å². The van der Waals surface area contributed by atoms with Gasteiger partial charge in [-0.1, -0.05) is 45.9 Å². The van der Waals surface area contributed by atoms with Gasteiger partial charge in [0.15, 0.2) is 0 Å². The number of benzene rings is 1. The second-order valence-corrected chi connectivity index (χ2v) is 6.50. The number of anilines is 1. The minimum atomic E-state index is -0.216. The van der Waals surface area contributed by atoms with Crippen molar-refractivity contribution in [3.63, 3.8) is 0 Å². The highest BCUT2D eigenvalue weighted by Crippen LogP contribution is 2.17. The van der Waals surface area contributed by atoms with Crippen LogP contribution in [0.15, 0.2) is 24.3 Å². The van der Waals surface area contributed by atoms with Crippen LogP contribution in [-0.4, -0.2) is 24.9 Å². The van der Waals surface area contributed by atoms with Gasteiger partial charge in [0.2, 0.25) is 11.8 Å². The number of halogens is 1. The third-order valence-electron chi connectivity index (χ3n) is 2.99. The van der Waals surface area contributed by atoms with Crippen LogP contribution in [0.3, 0.4) is 0 Å². The number of para-hydroxylation sites is 1. The molecule has 0 saturated heterocycles. The van der Waals surface area contributed by atoms with E-state index < -0.39 is 0 Å². The van der Waals surface area contributed by atoms with Crippen molar-refractivity contribution in [1.82, 2.24) is 10.6 Å². The molecule has 1 aromatic rings. The van der Waals surface area contributed by atoms with Crippen LogP contribution in [0.1, 0.15) is 39.7 Å². The SMILES string of the molecule is CCNCc1ccccc1NC(=O)CNC(=O)CC(C)(C)C.Cl. The minimum absolute atomic E-state index is 0. The number of rotatable bonds is 7. The third-order valence-corrected chi connectivity index (χ3v) is 2.99. The highest BCUT2D eigenvalue weighted by Gasteiger charge is 2.16. The van der Waals surface area contributed by atoms with Crippen LogP contribution in [0.5, 0.6) is 0 Å². The summed E-state index contributed by atoms with van der Waals surface area (Å²) in [4.78, 5) is 23.7. The van der Waals surface area contributed by atoms with Crippen LogP contribution < -0.4 is 16.0 Å². The highest BCUT2D eigenvalue weighted by molar-refractivity contribution is 5.95. The first-order valence-corrected chi connectivity index (χ1v) is 7.67. The molecule has 2 amide bonds. The lowest BCUT2D eigenvalue weighted by molar-refractivity contribution is -0.125. The summed E-state index contributed by atoms with van der Waals surface area (Å²) in [6, 6.07) is 7.65. The summed E-state index contributed by atoms with van der Waals surface area (Å²) < 4.78 is 0. The van der Waals surface area contributed by atoms with E-state index in [0.717, 1.165) is 17.8 Å². The van der Waals surface area contributed by atoms with Crippen LogP contribution >= 0.6 is 12.4 Å². The number of amides is 2. The van der Waals surface area contributed by atoms with Crippen molar-refractivity contribution in [2.75, 3.05) is 18.4 Å². The zero-order valence-electron chi connectivity index (χ0n) is 14.4. The fourth-order valence-electron chi connectivity index (χ4n) is 1.97. The Labute approximate surface area is 145 Å². The Bertz CT molecular complexity index is 513. The fraction of sp³-hybridized carbons (Fsp3) is 0.529. The molecule has 0 bridgehead atoms. The predicted octanol–water partition coefficient (Wildman–Crippen LogP) is 2.71. The molecule has 130 valence electrons. The van der Waals surface area contributed by atoms with E-state index in [2.05, 4.69) is 16.0 Å². The van der Waals surface area contributed by atoms with Gasteiger partial charge in [-0.05, 0) is 23.6 Å². The molecule has 0 heterocycles. The average molecular weight is 342 g/mol. The normalized spacial score (nSPS) is 10.6. The van der Waals surface area contributed by atoms with E-state index >= 15 is 0 Å². The first-order chi connectivity index (χ1) is 10.3. The van der Waals surface area contributed by atoms with E-state index in [9.17, 15) is 9.59 Å². The lowest BCUT2D eigenvalue weighted by Gasteiger charge is -2.17. The fourth-order valence-corrected chi connectivity index (χ4v) is 1.97. The molecule has 0 atom stereocenters. The molecule has 0 aromatic heterocycles. The first kappa shape index (κ1) is 21.4. The molecule has 23 heavy (non-hydrogen) atoms. The molecule has 0 spiro atoms. The molecule has 1 aromatic carbocycles. The maximum Gasteiger partial charge on any atom is 0.243 e.